The number of nitrogens with two attached hydrogens (primary N) is 1. The van der Waals surface area contributed by atoms with Gasteiger partial charge in [0.25, 0.3) is 0 Å². The summed E-state index contributed by atoms with van der Waals surface area (Å²) in [4.78, 5) is 77.3. The number of carbonyl (C=O) groups is 6. The van der Waals surface area contributed by atoms with Gasteiger partial charge in [-0.2, -0.15) is 0 Å². The molecule has 97 heavy (non-hydrogen) atoms. The number of aliphatic hydroxyl groups excluding tert-OH is 2. The number of ether oxygens (including phenoxy) is 16. The third kappa shape index (κ3) is 36.0. The zero-order valence-electron chi connectivity index (χ0n) is 57.4. The van der Waals surface area contributed by atoms with Gasteiger partial charge in [0, 0.05) is 57.8 Å². The van der Waals surface area contributed by atoms with Crippen molar-refractivity contribution in [1.29, 1.82) is 0 Å². The monoisotopic (exact) mass is 1380 g/mol. The first kappa shape index (κ1) is 84.0. The van der Waals surface area contributed by atoms with Crippen LogP contribution in [0.2, 0.25) is 0 Å². The van der Waals surface area contributed by atoms with E-state index in [1.165, 1.54) is 0 Å². The second-order valence-electron chi connectivity index (χ2n) is 23.2. The minimum absolute atomic E-state index is 0.00520. The first-order chi connectivity index (χ1) is 47.2. The summed E-state index contributed by atoms with van der Waals surface area (Å²) < 4.78 is 92.2. The zero-order valence-corrected chi connectivity index (χ0v) is 57.4. The molecule has 0 saturated carbocycles. The number of rotatable bonds is 57. The topological polar surface area (TPSA) is 365 Å². The summed E-state index contributed by atoms with van der Waals surface area (Å²) in [6.45, 7) is 12.5. The molecule has 2 aliphatic rings. The van der Waals surface area contributed by atoms with E-state index in [-0.39, 0.29) is 218 Å². The largest absolute Gasteiger partial charge is 0.459 e. The molecule has 2 aliphatic heterocycles. The van der Waals surface area contributed by atoms with Crippen molar-refractivity contribution >= 4 is 35.6 Å². The maximum absolute atomic E-state index is 13.5. The van der Waals surface area contributed by atoms with Gasteiger partial charge in [0.15, 0.2) is 18.7 Å². The highest BCUT2D eigenvalue weighted by atomic mass is 16.7. The second-order valence-corrected chi connectivity index (χ2v) is 23.2. The van der Waals surface area contributed by atoms with Gasteiger partial charge >= 0.3 is 11.9 Å². The molecule has 29 heteroatoms. The van der Waals surface area contributed by atoms with E-state index in [9.17, 15) is 33.9 Å². The number of unbranched alkanes of at least 4 members (excludes halogenated alkanes) is 2. The highest BCUT2D eigenvalue weighted by molar-refractivity contribution is 5.90. The lowest BCUT2D eigenvalue weighted by atomic mass is 9.77. The molecule has 8 N–H and O–H groups in total. The molecule has 0 aromatic heterocycles. The summed E-state index contributed by atoms with van der Waals surface area (Å²) in [6, 6.07) is 17.3. The minimum Gasteiger partial charge on any atom is -0.459 e. The first-order valence-electron chi connectivity index (χ1n) is 34.1. The van der Waals surface area contributed by atoms with Crippen molar-refractivity contribution in [3.05, 3.63) is 71.8 Å². The van der Waals surface area contributed by atoms with E-state index in [4.69, 9.17) is 86.6 Å². The molecule has 4 amide bonds. The Balaban J connectivity index is 1.15. The summed E-state index contributed by atoms with van der Waals surface area (Å²) in [5.74, 6) is -1.56. The Morgan fingerprint density at radius 2 is 1.01 bits per heavy atom. The Morgan fingerprint density at radius 3 is 1.49 bits per heavy atom. The van der Waals surface area contributed by atoms with Crippen LogP contribution < -0.4 is 27.0 Å². The molecule has 10 atom stereocenters. The highest BCUT2D eigenvalue weighted by Crippen LogP contribution is 2.38. The fourth-order valence-electron chi connectivity index (χ4n) is 10.3. The third-order valence-electron chi connectivity index (χ3n) is 15.8. The fraction of sp³-hybridized carbons (Fsp3) is 0.735. The Hall–Kier alpha value is -5.42. The summed E-state index contributed by atoms with van der Waals surface area (Å²) in [5.41, 5.74) is 5.25. The van der Waals surface area contributed by atoms with E-state index in [1.54, 1.807) is 61.5 Å². The SMILES string of the molecule is CCOC1C(OC(=O)c2ccccc2)COC(OCCOCCOCCNC(=O)CCOCC(COCCC(=O)NCCOCCOCCO)(COCCC(=O)NCCOCCOCCOC2OC(COC(=O)c3ccccc3)C(C)C(C)C2CC)NC(=O)CCCCCN)C1O. The van der Waals surface area contributed by atoms with E-state index in [0.29, 0.717) is 57.1 Å². The Kier molecular flexibility index (Phi) is 45.5. The average molecular weight is 1380 g/mol. The third-order valence-corrected chi connectivity index (χ3v) is 15.8. The maximum Gasteiger partial charge on any atom is 0.338 e. The summed E-state index contributed by atoms with van der Waals surface area (Å²) >= 11 is 0. The normalized spacial score (nSPS) is 20.7. The zero-order chi connectivity index (χ0) is 70.0. The lowest BCUT2D eigenvalue weighted by Crippen LogP contribution is -2.58. The minimum atomic E-state index is -1.30. The second kappa shape index (κ2) is 52.6. The van der Waals surface area contributed by atoms with Gasteiger partial charge < -0.3 is 113 Å². The van der Waals surface area contributed by atoms with E-state index >= 15 is 0 Å². The summed E-state index contributed by atoms with van der Waals surface area (Å²) in [5, 5.41) is 31.2. The molecule has 0 aliphatic carbocycles. The molecule has 552 valence electrons. The molecule has 2 saturated heterocycles. The summed E-state index contributed by atoms with van der Waals surface area (Å²) in [6.07, 6.45) is -1.71. The Morgan fingerprint density at radius 1 is 0.536 bits per heavy atom. The number of nitrogens with one attached hydrogen (secondary N) is 4. The van der Waals surface area contributed by atoms with Crippen LogP contribution in [-0.4, -0.2) is 273 Å². The molecule has 4 rings (SSSR count). The van der Waals surface area contributed by atoms with Gasteiger partial charge in [-0.25, -0.2) is 9.59 Å². The van der Waals surface area contributed by atoms with Gasteiger partial charge in [-0.1, -0.05) is 63.6 Å². The number of hydrogen-bond acceptors (Lipinski definition) is 25. The van der Waals surface area contributed by atoms with Gasteiger partial charge in [0.2, 0.25) is 23.6 Å². The fourth-order valence-corrected chi connectivity index (χ4v) is 10.3. The van der Waals surface area contributed by atoms with E-state index in [1.807, 2.05) is 6.07 Å². The van der Waals surface area contributed by atoms with Crippen LogP contribution in [-0.2, 0) is 95.0 Å². The number of hydrogen-bond donors (Lipinski definition) is 7. The van der Waals surface area contributed by atoms with Gasteiger partial charge in [0.05, 0.1) is 163 Å². The first-order valence-corrected chi connectivity index (χ1v) is 34.1. The number of carbonyl (C=O) groups excluding carboxylic acids is 6. The van der Waals surface area contributed by atoms with Crippen LogP contribution in [0.4, 0.5) is 0 Å². The quantitative estimate of drug-likeness (QED) is 0.0369. The van der Waals surface area contributed by atoms with Crippen LogP contribution >= 0.6 is 0 Å². The van der Waals surface area contributed by atoms with Gasteiger partial charge in [-0.15, -0.1) is 0 Å². The van der Waals surface area contributed by atoms with Crippen molar-refractivity contribution in [2.45, 2.75) is 122 Å². The molecule has 2 aromatic carbocycles. The Bertz CT molecular complexity index is 2410. The van der Waals surface area contributed by atoms with E-state index < -0.39 is 48.4 Å². The molecule has 10 unspecified atom stereocenters. The van der Waals surface area contributed by atoms with Crippen molar-refractivity contribution in [2.75, 3.05) is 185 Å². The average Bonchev–Trinajstić information content (AvgIpc) is 0.832. The van der Waals surface area contributed by atoms with Crippen LogP contribution in [0.1, 0.15) is 99.8 Å². The molecular formula is C68H111N5O24. The van der Waals surface area contributed by atoms with Crippen molar-refractivity contribution < 1.29 is 115 Å². The predicted molar refractivity (Wildman–Crippen MR) is 352 cm³/mol. The van der Waals surface area contributed by atoms with Gasteiger partial charge in [-0.3, -0.25) is 19.2 Å². The standard InChI is InChI=1S/C68H111N5O24/c1-5-55-51(3)52(4)56(46-94-64(80)53-16-10-7-11-17-53)97-66(55)92-44-42-86-40-37-83-33-26-71-59(76)22-30-89-49-68(73-61(78)20-14-9-15-24-69,48-88-29-21-58(75)70-25-32-82-36-39-85-35-28-74)50-90-31-23-60(77)72-27-34-84-38-41-87-43-45-93-67-62(79)63(91-6-2)57(47-95-67)96-65(81)54-18-12-8-13-19-54/h7-8,10-13,16-19,51-52,55-57,62-63,66-67,74,79H,5-6,9,14-15,20-50,69H2,1-4H3,(H,70,75)(H,71,76)(H,72,77)(H,73,78). The van der Waals surface area contributed by atoms with Crippen molar-refractivity contribution in [1.82, 2.24) is 21.3 Å². The lowest BCUT2D eigenvalue weighted by molar-refractivity contribution is -0.278. The Labute approximate surface area is 571 Å². The van der Waals surface area contributed by atoms with E-state index in [0.717, 1.165) is 19.3 Å². The van der Waals surface area contributed by atoms with Crippen LogP contribution in [0.25, 0.3) is 0 Å². The predicted octanol–water partition coefficient (Wildman–Crippen LogP) is 2.28. The summed E-state index contributed by atoms with van der Waals surface area (Å²) in [7, 11) is 0. The maximum atomic E-state index is 13.5. The van der Waals surface area contributed by atoms with Crippen LogP contribution in [0.5, 0.6) is 0 Å². The van der Waals surface area contributed by atoms with E-state index in [2.05, 4.69) is 42.0 Å². The molecule has 2 aromatic rings. The van der Waals surface area contributed by atoms with Gasteiger partial charge in [0.1, 0.15) is 24.4 Å². The van der Waals surface area contributed by atoms with Crippen molar-refractivity contribution in [3.63, 3.8) is 0 Å². The molecule has 2 heterocycles. The van der Waals surface area contributed by atoms with Crippen molar-refractivity contribution in [3.8, 4) is 0 Å². The molecule has 0 bridgehead atoms. The van der Waals surface area contributed by atoms with Crippen LogP contribution in [0.15, 0.2) is 60.7 Å². The molecule has 29 nitrogen and oxygen atoms in total. The number of amides is 4. The van der Waals surface area contributed by atoms with Crippen molar-refractivity contribution in [2.24, 2.45) is 23.5 Å². The molecule has 0 spiro atoms. The van der Waals surface area contributed by atoms with Crippen LogP contribution in [0.3, 0.4) is 0 Å². The smallest absolute Gasteiger partial charge is 0.338 e. The number of aliphatic hydroxyl groups is 2. The van der Waals surface area contributed by atoms with Gasteiger partial charge in [-0.05, 0) is 68.8 Å². The lowest BCUT2D eigenvalue weighted by Gasteiger charge is -2.44. The number of benzene rings is 2. The number of esters is 2. The highest BCUT2D eigenvalue weighted by Gasteiger charge is 2.44. The molecule has 0 radical (unpaired) electrons. The van der Waals surface area contributed by atoms with Crippen LogP contribution in [0, 0.1) is 17.8 Å². The molecular weight excluding hydrogens is 1270 g/mol. The molecule has 2 fully saturated rings.